The minimum absolute atomic E-state index is 0.110. The molecular weight excluding hydrogens is 702 g/mol. The number of carbonyl (C=O) groups is 4. The number of carbonyl (C=O) groups excluding carboxylic acids is 4. The van der Waals surface area contributed by atoms with Crippen LogP contribution in [0.4, 0.5) is 0 Å². The highest BCUT2D eigenvalue weighted by Crippen LogP contribution is 2.61. The number of rotatable bonds is 18. The van der Waals surface area contributed by atoms with Gasteiger partial charge in [-0.05, 0) is 44.6 Å². The molecule has 4 rings (SSSR count). The van der Waals surface area contributed by atoms with Crippen LogP contribution in [-0.4, -0.2) is 104 Å². The topological polar surface area (TPSA) is 117 Å². The number of hydrogen-bond acceptors (Lipinski definition) is 7. The molecule has 1 aromatic carbocycles. The molecule has 11 heteroatoms. The maximum absolute atomic E-state index is 14.9. The Morgan fingerprint density at radius 1 is 1.16 bits per heavy atom. The van der Waals surface area contributed by atoms with E-state index in [2.05, 4.69) is 36.0 Å². The smallest absolute Gasteiger partial charge is 0.313 e. The first-order chi connectivity index (χ1) is 23.8. The summed E-state index contributed by atoms with van der Waals surface area (Å²) in [6.45, 7) is 17.4. The number of benzene rings is 1. The van der Waals surface area contributed by atoms with Crippen LogP contribution in [-0.2, 0) is 28.7 Å². The average molecular weight is 759 g/mol. The Bertz CT molecular complexity index is 1390. The zero-order valence-corrected chi connectivity index (χ0v) is 32.1. The van der Waals surface area contributed by atoms with Crippen molar-refractivity contribution in [1.29, 1.82) is 0 Å². The van der Waals surface area contributed by atoms with Crippen molar-refractivity contribution in [3.05, 3.63) is 61.2 Å². The molecule has 3 saturated heterocycles. The van der Waals surface area contributed by atoms with E-state index in [-0.39, 0.29) is 54.1 Å². The fourth-order valence-corrected chi connectivity index (χ4v) is 9.21. The van der Waals surface area contributed by atoms with Crippen LogP contribution in [0.25, 0.3) is 0 Å². The summed E-state index contributed by atoms with van der Waals surface area (Å²) in [5, 5.41) is 10.7. The highest BCUT2D eigenvalue weighted by Gasteiger charge is 2.78. The molecule has 10 nitrogen and oxygen atoms in total. The number of likely N-dealkylation sites (tertiary alicyclic amines) is 1. The second-order valence-electron chi connectivity index (χ2n) is 14.3. The molecule has 0 radical (unpaired) electrons. The molecule has 1 spiro atoms. The number of nitrogens with zero attached hydrogens (tertiary/aromatic N) is 3. The second-order valence-corrected chi connectivity index (χ2v) is 15.5. The molecule has 3 heterocycles. The highest BCUT2D eigenvalue weighted by atomic mass is 79.9. The predicted molar refractivity (Wildman–Crippen MR) is 196 cm³/mol. The molecule has 1 N–H and O–H groups in total. The summed E-state index contributed by atoms with van der Waals surface area (Å²) in [6.07, 6.45) is 5.25. The van der Waals surface area contributed by atoms with E-state index in [1.54, 1.807) is 33.9 Å². The van der Waals surface area contributed by atoms with Gasteiger partial charge in [-0.1, -0.05) is 92.0 Å². The lowest BCUT2D eigenvalue weighted by Gasteiger charge is -2.42. The van der Waals surface area contributed by atoms with E-state index in [9.17, 15) is 24.3 Å². The number of aliphatic hydroxyl groups excluding tert-OH is 1. The van der Waals surface area contributed by atoms with Gasteiger partial charge < -0.3 is 29.3 Å². The molecule has 276 valence electrons. The summed E-state index contributed by atoms with van der Waals surface area (Å²) >= 11 is 3.76. The summed E-state index contributed by atoms with van der Waals surface area (Å²) in [7, 11) is 1.69. The monoisotopic (exact) mass is 757 g/mol. The third-order valence-electron chi connectivity index (χ3n) is 11.3. The molecule has 3 aliphatic heterocycles. The maximum atomic E-state index is 14.9. The number of esters is 1. The Kier molecular flexibility index (Phi) is 13.5. The van der Waals surface area contributed by atoms with Gasteiger partial charge in [-0.15, -0.1) is 13.2 Å². The molecule has 0 saturated carbocycles. The first kappa shape index (κ1) is 39.8. The molecule has 3 amide bonds. The third-order valence-corrected chi connectivity index (χ3v) is 12.1. The van der Waals surface area contributed by atoms with Gasteiger partial charge in [-0.25, -0.2) is 0 Å². The lowest BCUT2D eigenvalue weighted by molar-refractivity contribution is -0.165. The first-order valence-corrected chi connectivity index (χ1v) is 19.0. The van der Waals surface area contributed by atoms with E-state index < -0.39 is 53.7 Å². The minimum atomic E-state index is -1.31. The summed E-state index contributed by atoms with van der Waals surface area (Å²) in [5.41, 5.74) is -0.603. The maximum Gasteiger partial charge on any atom is 0.313 e. The Balaban J connectivity index is 1.78. The van der Waals surface area contributed by atoms with Gasteiger partial charge in [0.25, 0.3) is 0 Å². The molecule has 0 aliphatic carbocycles. The molecule has 3 aliphatic rings. The number of aliphatic hydroxyl groups is 1. The van der Waals surface area contributed by atoms with Crippen LogP contribution in [0.3, 0.4) is 0 Å². The summed E-state index contributed by atoms with van der Waals surface area (Å²) < 4.78 is 13.2. The van der Waals surface area contributed by atoms with Crippen molar-refractivity contribution in [3.8, 4) is 0 Å². The van der Waals surface area contributed by atoms with E-state index >= 15 is 0 Å². The number of hydrogen-bond donors (Lipinski definition) is 1. The normalized spacial score (nSPS) is 28.3. The van der Waals surface area contributed by atoms with Gasteiger partial charge in [0.1, 0.15) is 17.7 Å². The molecule has 3 fully saturated rings. The number of likely N-dealkylation sites (N-methyl/N-ethyl adjacent to an activating group) is 1. The lowest BCUT2D eigenvalue weighted by Crippen LogP contribution is -2.61. The molecule has 2 bridgehead atoms. The summed E-state index contributed by atoms with van der Waals surface area (Å²) in [6, 6.07) is 6.89. The van der Waals surface area contributed by atoms with Crippen LogP contribution in [0.1, 0.15) is 84.8 Å². The number of halogens is 1. The van der Waals surface area contributed by atoms with Crippen molar-refractivity contribution in [3.63, 3.8) is 0 Å². The van der Waals surface area contributed by atoms with Gasteiger partial charge in [-0.3, -0.25) is 19.2 Å². The van der Waals surface area contributed by atoms with Gasteiger partial charge in [0.2, 0.25) is 17.7 Å². The lowest BCUT2D eigenvalue weighted by atomic mass is 9.70. The van der Waals surface area contributed by atoms with Crippen LogP contribution >= 0.6 is 15.9 Å². The van der Waals surface area contributed by atoms with Crippen LogP contribution in [0.5, 0.6) is 0 Å². The number of fused-ring (bicyclic) bond motifs is 1. The van der Waals surface area contributed by atoms with E-state index in [1.807, 2.05) is 58.0 Å². The van der Waals surface area contributed by atoms with Gasteiger partial charge in [-0.2, -0.15) is 0 Å². The summed E-state index contributed by atoms with van der Waals surface area (Å²) in [4.78, 5) is 61.9. The molecule has 50 heavy (non-hydrogen) atoms. The average Bonchev–Trinajstić information content (AvgIpc) is 3.71. The van der Waals surface area contributed by atoms with Crippen molar-refractivity contribution >= 4 is 39.6 Å². The molecular formula is C39H56BrN3O7. The van der Waals surface area contributed by atoms with E-state index in [1.165, 1.54) is 0 Å². The zero-order chi connectivity index (χ0) is 36.9. The first-order valence-electron chi connectivity index (χ1n) is 18.1. The minimum Gasteiger partial charge on any atom is -0.455 e. The largest absolute Gasteiger partial charge is 0.455 e. The zero-order valence-electron chi connectivity index (χ0n) is 30.5. The Labute approximate surface area is 306 Å². The predicted octanol–water partition coefficient (Wildman–Crippen LogP) is 5.44. The number of alkyl halides is 1. The standard InChI is InChI=1S/C39H56BrN3O7/c1-9-13-20-30(45)41(8)26(7)33(27-18-15-14-16-19-27)49-38(48)31-32-36(46)43(29(23-44)24(5)12-4)35(39(32)22-28(40)34(31)50-39)37(47)42(21-11-3)25(6)17-10-2/h9,11,14-16,18-19,24-26,28-29,31-35,44H,1,3,10,12-13,17,20-23H2,2,4-8H3/t24-,25?,26+,28?,29-,31-,32+,33-,34-,35-,39+/m0/s1. The molecule has 0 aromatic heterocycles. The van der Waals surface area contributed by atoms with Crippen molar-refractivity contribution in [1.82, 2.24) is 14.7 Å². The second kappa shape index (κ2) is 17.0. The van der Waals surface area contributed by atoms with Gasteiger partial charge in [0.15, 0.2) is 0 Å². The Morgan fingerprint density at radius 3 is 2.42 bits per heavy atom. The van der Waals surface area contributed by atoms with Crippen LogP contribution in [0.15, 0.2) is 55.6 Å². The van der Waals surface area contributed by atoms with Crippen LogP contribution < -0.4 is 0 Å². The quantitative estimate of drug-likeness (QED) is 0.120. The van der Waals surface area contributed by atoms with Crippen LogP contribution in [0, 0.1) is 17.8 Å². The number of ether oxygens (including phenoxy) is 2. The Hall–Kier alpha value is -3.02. The SMILES string of the molecule is C=CCCC(=O)N(C)[C@H](C)[C@H](OC(=O)[C@@H]1[C@H]2O[C@@]3(CC2Br)[C@H](C(=O)N(CC=C)C(C)CCC)N([C@@H](CO)[C@@H](C)CC)C(=O)[C@@H]13)c1ccccc1. The van der Waals surface area contributed by atoms with Crippen molar-refractivity contribution in [2.24, 2.45) is 17.8 Å². The Morgan fingerprint density at radius 2 is 1.84 bits per heavy atom. The fourth-order valence-electron chi connectivity index (χ4n) is 8.27. The summed E-state index contributed by atoms with van der Waals surface area (Å²) in [5.74, 6) is -3.52. The van der Waals surface area contributed by atoms with Crippen molar-refractivity contribution in [2.75, 3.05) is 20.2 Å². The van der Waals surface area contributed by atoms with E-state index in [0.29, 0.717) is 24.8 Å². The van der Waals surface area contributed by atoms with Crippen molar-refractivity contribution in [2.45, 2.75) is 120 Å². The highest BCUT2D eigenvalue weighted by molar-refractivity contribution is 9.09. The van der Waals surface area contributed by atoms with E-state index in [0.717, 1.165) is 12.8 Å². The van der Waals surface area contributed by atoms with Gasteiger partial charge in [0.05, 0.1) is 36.6 Å². The number of allylic oxidation sites excluding steroid dienone is 1. The molecule has 1 aromatic rings. The van der Waals surface area contributed by atoms with Crippen LogP contribution in [0.2, 0.25) is 0 Å². The third kappa shape index (κ3) is 7.33. The van der Waals surface area contributed by atoms with Crippen molar-refractivity contribution < 1.29 is 33.8 Å². The molecule has 2 unspecified atom stereocenters. The van der Waals surface area contributed by atoms with E-state index in [4.69, 9.17) is 9.47 Å². The van der Waals surface area contributed by atoms with Gasteiger partial charge >= 0.3 is 5.97 Å². The fraction of sp³-hybridized carbons (Fsp3) is 0.641. The van der Waals surface area contributed by atoms with Gasteiger partial charge in [0, 0.05) is 30.9 Å². The molecule has 11 atom stereocenters. The number of amides is 3.